The molecule has 0 unspecified atom stereocenters. The maximum Gasteiger partial charge on any atom is 0.257 e. The van der Waals surface area contributed by atoms with Crippen LogP contribution in [0.2, 0.25) is 0 Å². The summed E-state index contributed by atoms with van der Waals surface area (Å²) in [7, 11) is 0. The van der Waals surface area contributed by atoms with Gasteiger partial charge in [0, 0.05) is 25.7 Å². The minimum absolute atomic E-state index is 0.107. The Kier molecular flexibility index (Phi) is 5.71. The minimum Gasteiger partial charge on any atom is -0.472 e. The molecule has 6 nitrogen and oxygen atoms in total. The Hall–Kier alpha value is -2.63. The van der Waals surface area contributed by atoms with Crippen LogP contribution in [0.25, 0.3) is 0 Å². The van der Waals surface area contributed by atoms with Crippen molar-refractivity contribution >= 4 is 11.8 Å². The molecule has 2 rings (SSSR count). The van der Waals surface area contributed by atoms with Crippen molar-refractivity contribution in [3.63, 3.8) is 0 Å². The molecule has 0 bridgehead atoms. The van der Waals surface area contributed by atoms with Crippen LogP contribution < -0.4 is 5.32 Å². The lowest BCUT2D eigenvalue weighted by Crippen LogP contribution is -2.35. The normalized spacial score (nSPS) is 10.2. The molecule has 1 N–H and O–H groups in total. The standard InChI is InChI=1S/C16H19N3O3/c1-2-19(16(21)13-7-10-22-12-13)9-6-15(20)18-11-14-5-3-4-8-17-14/h3-5,7-8,10,12H,2,6,9,11H2,1H3,(H,18,20). The van der Waals surface area contributed by atoms with E-state index in [1.54, 1.807) is 17.2 Å². The molecule has 2 amide bonds. The van der Waals surface area contributed by atoms with Crippen molar-refractivity contribution in [1.82, 2.24) is 15.2 Å². The Labute approximate surface area is 129 Å². The fourth-order valence-corrected chi connectivity index (χ4v) is 1.99. The van der Waals surface area contributed by atoms with E-state index in [1.807, 2.05) is 25.1 Å². The molecule has 116 valence electrons. The third-order valence-electron chi connectivity index (χ3n) is 3.24. The monoisotopic (exact) mass is 301 g/mol. The first kappa shape index (κ1) is 15.8. The summed E-state index contributed by atoms with van der Waals surface area (Å²) in [6.45, 7) is 3.18. The van der Waals surface area contributed by atoms with Crippen molar-refractivity contribution in [3.05, 3.63) is 54.2 Å². The summed E-state index contributed by atoms with van der Waals surface area (Å²) in [4.78, 5) is 29.8. The van der Waals surface area contributed by atoms with Gasteiger partial charge in [0.1, 0.15) is 6.26 Å². The summed E-state index contributed by atoms with van der Waals surface area (Å²) in [5, 5.41) is 2.79. The molecule has 0 aromatic carbocycles. The second-order valence-electron chi connectivity index (χ2n) is 4.74. The topological polar surface area (TPSA) is 75.4 Å². The zero-order valence-corrected chi connectivity index (χ0v) is 12.5. The zero-order chi connectivity index (χ0) is 15.8. The lowest BCUT2D eigenvalue weighted by atomic mass is 10.2. The Morgan fingerprint density at radius 1 is 1.32 bits per heavy atom. The molecule has 0 aliphatic heterocycles. The van der Waals surface area contributed by atoms with Crippen molar-refractivity contribution in [2.45, 2.75) is 19.9 Å². The molecule has 0 radical (unpaired) electrons. The van der Waals surface area contributed by atoms with Crippen LogP contribution in [0.15, 0.2) is 47.4 Å². The number of carbonyl (C=O) groups excluding carboxylic acids is 2. The van der Waals surface area contributed by atoms with Gasteiger partial charge in [0.2, 0.25) is 5.91 Å². The van der Waals surface area contributed by atoms with Gasteiger partial charge in [-0.25, -0.2) is 0 Å². The number of nitrogens with one attached hydrogen (secondary N) is 1. The van der Waals surface area contributed by atoms with Crippen LogP contribution in [-0.4, -0.2) is 34.8 Å². The fraction of sp³-hybridized carbons (Fsp3) is 0.312. The Bertz CT molecular complexity index is 596. The molecule has 0 saturated heterocycles. The molecule has 0 saturated carbocycles. The molecule has 22 heavy (non-hydrogen) atoms. The molecule has 2 aromatic heterocycles. The van der Waals surface area contributed by atoms with Crippen LogP contribution in [0.4, 0.5) is 0 Å². The van der Waals surface area contributed by atoms with E-state index in [2.05, 4.69) is 10.3 Å². The minimum atomic E-state index is -0.131. The first-order valence-electron chi connectivity index (χ1n) is 7.18. The fourth-order valence-electron chi connectivity index (χ4n) is 1.99. The van der Waals surface area contributed by atoms with Crippen LogP contribution in [0.5, 0.6) is 0 Å². The van der Waals surface area contributed by atoms with Gasteiger partial charge in [-0.3, -0.25) is 14.6 Å². The van der Waals surface area contributed by atoms with E-state index in [-0.39, 0.29) is 18.2 Å². The highest BCUT2D eigenvalue weighted by Gasteiger charge is 2.16. The number of nitrogens with zero attached hydrogens (tertiary/aromatic N) is 2. The summed E-state index contributed by atoms with van der Waals surface area (Å²) < 4.78 is 4.91. The van der Waals surface area contributed by atoms with Gasteiger partial charge in [0.25, 0.3) is 5.91 Å². The number of rotatable bonds is 7. The van der Waals surface area contributed by atoms with Crippen LogP contribution in [0.1, 0.15) is 29.4 Å². The van der Waals surface area contributed by atoms with Gasteiger partial charge in [0.15, 0.2) is 0 Å². The number of hydrogen-bond donors (Lipinski definition) is 1. The van der Waals surface area contributed by atoms with E-state index in [1.165, 1.54) is 12.5 Å². The quantitative estimate of drug-likeness (QED) is 0.846. The zero-order valence-electron chi connectivity index (χ0n) is 12.5. The summed E-state index contributed by atoms with van der Waals surface area (Å²) in [5.74, 6) is -0.238. The number of amides is 2. The van der Waals surface area contributed by atoms with E-state index in [0.29, 0.717) is 25.2 Å². The Morgan fingerprint density at radius 2 is 2.18 bits per heavy atom. The van der Waals surface area contributed by atoms with E-state index in [4.69, 9.17) is 4.42 Å². The molecular formula is C16H19N3O3. The smallest absolute Gasteiger partial charge is 0.257 e. The van der Waals surface area contributed by atoms with Crippen molar-refractivity contribution in [2.75, 3.05) is 13.1 Å². The highest BCUT2D eigenvalue weighted by Crippen LogP contribution is 2.06. The molecule has 2 aromatic rings. The van der Waals surface area contributed by atoms with Gasteiger partial charge in [-0.05, 0) is 25.1 Å². The lowest BCUT2D eigenvalue weighted by Gasteiger charge is -2.19. The first-order valence-corrected chi connectivity index (χ1v) is 7.18. The van der Waals surface area contributed by atoms with Crippen LogP contribution in [-0.2, 0) is 11.3 Å². The molecule has 0 fully saturated rings. The van der Waals surface area contributed by atoms with E-state index in [9.17, 15) is 9.59 Å². The summed E-state index contributed by atoms with van der Waals surface area (Å²) >= 11 is 0. The van der Waals surface area contributed by atoms with Crippen LogP contribution >= 0.6 is 0 Å². The first-order chi connectivity index (χ1) is 10.7. The molecule has 0 atom stereocenters. The number of pyridine rings is 1. The third-order valence-corrected chi connectivity index (χ3v) is 3.24. The summed E-state index contributed by atoms with van der Waals surface area (Å²) in [5.41, 5.74) is 1.30. The average Bonchev–Trinajstić information content (AvgIpc) is 3.08. The summed E-state index contributed by atoms with van der Waals surface area (Å²) in [6, 6.07) is 7.16. The maximum atomic E-state index is 12.2. The lowest BCUT2D eigenvalue weighted by molar-refractivity contribution is -0.121. The second kappa shape index (κ2) is 7.97. The van der Waals surface area contributed by atoms with Crippen molar-refractivity contribution < 1.29 is 14.0 Å². The Morgan fingerprint density at radius 3 is 2.82 bits per heavy atom. The number of furan rings is 1. The van der Waals surface area contributed by atoms with E-state index < -0.39 is 0 Å². The average molecular weight is 301 g/mol. The molecule has 6 heteroatoms. The van der Waals surface area contributed by atoms with Crippen molar-refractivity contribution in [1.29, 1.82) is 0 Å². The molecular weight excluding hydrogens is 282 g/mol. The molecule has 0 aliphatic rings. The second-order valence-corrected chi connectivity index (χ2v) is 4.74. The predicted molar refractivity (Wildman–Crippen MR) is 81.0 cm³/mol. The number of aromatic nitrogens is 1. The van der Waals surface area contributed by atoms with Gasteiger partial charge in [-0.2, -0.15) is 0 Å². The van der Waals surface area contributed by atoms with Crippen LogP contribution in [0, 0.1) is 0 Å². The van der Waals surface area contributed by atoms with E-state index >= 15 is 0 Å². The van der Waals surface area contributed by atoms with Gasteiger partial charge < -0.3 is 14.6 Å². The van der Waals surface area contributed by atoms with Crippen molar-refractivity contribution in [2.24, 2.45) is 0 Å². The molecule has 2 heterocycles. The van der Waals surface area contributed by atoms with Crippen LogP contribution in [0.3, 0.4) is 0 Å². The number of carbonyl (C=O) groups is 2. The van der Waals surface area contributed by atoms with Gasteiger partial charge >= 0.3 is 0 Å². The SMILES string of the molecule is CCN(CCC(=O)NCc1ccccn1)C(=O)c1ccoc1. The largest absolute Gasteiger partial charge is 0.472 e. The van der Waals surface area contributed by atoms with E-state index in [0.717, 1.165) is 5.69 Å². The van der Waals surface area contributed by atoms with Gasteiger partial charge in [-0.15, -0.1) is 0 Å². The molecule has 0 spiro atoms. The highest BCUT2D eigenvalue weighted by atomic mass is 16.3. The van der Waals surface area contributed by atoms with Crippen molar-refractivity contribution in [3.8, 4) is 0 Å². The number of hydrogen-bond acceptors (Lipinski definition) is 4. The highest BCUT2D eigenvalue weighted by molar-refractivity contribution is 5.94. The Balaban J connectivity index is 1.78. The van der Waals surface area contributed by atoms with Gasteiger partial charge in [-0.1, -0.05) is 6.07 Å². The molecule has 0 aliphatic carbocycles. The predicted octanol–water partition coefficient (Wildman–Crippen LogP) is 1.84. The third kappa shape index (κ3) is 4.44. The van der Waals surface area contributed by atoms with Gasteiger partial charge in [0.05, 0.1) is 24.1 Å². The maximum absolute atomic E-state index is 12.2. The summed E-state index contributed by atoms with van der Waals surface area (Å²) in [6.07, 6.45) is 4.81.